The summed E-state index contributed by atoms with van der Waals surface area (Å²) in [4.78, 5) is 0. The molecule has 0 atom stereocenters. The van der Waals surface area contributed by atoms with Gasteiger partial charge in [-0.3, -0.25) is 0 Å². The molecule has 0 nitrogen and oxygen atoms in total. The van der Waals surface area contributed by atoms with Crippen molar-refractivity contribution in [3.63, 3.8) is 0 Å². The minimum absolute atomic E-state index is 0.950. The molecule has 0 spiro atoms. The van der Waals surface area contributed by atoms with Crippen molar-refractivity contribution in [3.05, 3.63) is 35.5 Å². The molecule has 0 unspecified atom stereocenters. The lowest BCUT2D eigenvalue weighted by Gasteiger charge is -2.26. The van der Waals surface area contributed by atoms with Crippen molar-refractivity contribution in [1.29, 1.82) is 0 Å². The van der Waals surface area contributed by atoms with Gasteiger partial charge in [0.05, 0.1) is 0 Å². The summed E-state index contributed by atoms with van der Waals surface area (Å²) in [7, 11) is 0. The third kappa shape index (κ3) is 3.37. The summed E-state index contributed by atoms with van der Waals surface area (Å²) in [6, 6.07) is 0. The van der Waals surface area contributed by atoms with Crippen LogP contribution in [0.3, 0.4) is 0 Å². The lowest BCUT2D eigenvalue weighted by molar-refractivity contribution is 0.289. The van der Waals surface area contributed by atoms with Crippen LogP contribution < -0.4 is 0 Å². The molecule has 0 amide bonds. The summed E-state index contributed by atoms with van der Waals surface area (Å²) >= 11 is 0. The van der Waals surface area contributed by atoms with Gasteiger partial charge in [-0.1, -0.05) is 55.2 Å². The molecule has 0 bridgehead atoms. The van der Waals surface area contributed by atoms with Crippen LogP contribution in [0.1, 0.15) is 52.4 Å². The fourth-order valence-corrected chi connectivity index (χ4v) is 2.79. The van der Waals surface area contributed by atoms with Gasteiger partial charge in [0.15, 0.2) is 0 Å². The van der Waals surface area contributed by atoms with Gasteiger partial charge in [0.2, 0.25) is 0 Å². The van der Waals surface area contributed by atoms with Gasteiger partial charge in [0.25, 0.3) is 0 Å². The maximum Gasteiger partial charge on any atom is -0.0158 e. The molecule has 16 heavy (non-hydrogen) atoms. The van der Waals surface area contributed by atoms with Gasteiger partial charge in [-0.25, -0.2) is 0 Å². The third-order valence-electron chi connectivity index (χ3n) is 4.04. The molecule has 0 aromatic carbocycles. The fraction of sp³-hybridized carbons (Fsp3) is 0.625. The van der Waals surface area contributed by atoms with E-state index in [0.717, 1.165) is 18.3 Å². The van der Waals surface area contributed by atoms with E-state index >= 15 is 0 Å². The number of allylic oxidation sites excluding steroid dienone is 6. The summed E-state index contributed by atoms with van der Waals surface area (Å²) < 4.78 is 0. The highest BCUT2D eigenvalue weighted by atomic mass is 14.2. The van der Waals surface area contributed by atoms with Gasteiger partial charge < -0.3 is 0 Å². The maximum atomic E-state index is 2.41. The Balaban J connectivity index is 1.86. The van der Waals surface area contributed by atoms with E-state index in [0.29, 0.717) is 0 Å². The van der Waals surface area contributed by atoms with E-state index in [1.165, 1.54) is 37.7 Å². The Hall–Kier alpha value is -0.780. The van der Waals surface area contributed by atoms with Gasteiger partial charge in [-0.15, -0.1) is 0 Å². The van der Waals surface area contributed by atoms with Gasteiger partial charge in [-0.2, -0.15) is 0 Å². The number of hydrogen-bond acceptors (Lipinski definition) is 0. The molecule has 0 heteroatoms. The monoisotopic (exact) mass is 216 g/mol. The standard InChI is InChI=1S/C16H24/c1-13-4-3-5-15(9-6-13)12-16-10-7-14(2)8-11-16/h4-6,9,14,16H,3,7-8,10-12H2,1-2H3. The first-order valence-electron chi connectivity index (χ1n) is 6.78. The molecule has 2 aliphatic rings. The van der Waals surface area contributed by atoms with Crippen molar-refractivity contribution >= 4 is 0 Å². The van der Waals surface area contributed by atoms with Crippen molar-refractivity contribution in [2.75, 3.05) is 0 Å². The Labute approximate surface area is 100 Å². The van der Waals surface area contributed by atoms with Crippen molar-refractivity contribution in [2.45, 2.75) is 52.4 Å². The zero-order valence-corrected chi connectivity index (χ0v) is 10.7. The minimum Gasteiger partial charge on any atom is -0.0778 e. The van der Waals surface area contributed by atoms with E-state index in [1.54, 1.807) is 5.57 Å². The van der Waals surface area contributed by atoms with Crippen LogP contribution in [-0.4, -0.2) is 0 Å². The van der Waals surface area contributed by atoms with Crippen molar-refractivity contribution in [2.24, 2.45) is 11.8 Å². The first-order chi connectivity index (χ1) is 7.74. The summed E-state index contributed by atoms with van der Waals surface area (Å²) in [5.41, 5.74) is 2.97. The summed E-state index contributed by atoms with van der Waals surface area (Å²) in [6.07, 6.45) is 17.5. The molecule has 0 radical (unpaired) electrons. The Kier molecular flexibility index (Phi) is 4.04. The van der Waals surface area contributed by atoms with Gasteiger partial charge in [-0.05, 0) is 44.4 Å². The summed E-state index contributed by atoms with van der Waals surface area (Å²) in [6.45, 7) is 4.59. The molecule has 0 aromatic rings. The molecule has 1 fully saturated rings. The largest absolute Gasteiger partial charge is 0.0778 e. The van der Waals surface area contributed by atoms with E-state index < -0.39 is 0 Å². The molecule has 1 saturated carbocycles. The minimum atomic E-state index is 0.950. The molecule has 0 saturated heterocycles. The predicted octanol–water partition coefficient (Wildman–Crippen LogP) is 5.04. The van der Waals surface area contributed by atoms with E-state index in [-0.39, 0.29) is 0 Å². The average molecular weight is 216 g/mol. The highest BCUT2D eigenvalue weighted by Gasteiger charge is 2.18. The van der Waals surface area contributed by atoms with E-state index in [2.05, 4.69) is 38.2 Å². The Morgan fingerprint density at radius 2 is 1.81 bits per heavy atom. The zero-order valence-electron chi connectivity index (χ0n) is 10.7. The molecule has 2 rings (SSSR count). The topological polar surface area (TPSA) is 0 Å². The Morgan fingerprint density at radius 1 is 1.06 bits per heavy atom. The molecule has 0 N–H and O–H groups in total. The zero-order chi connectivity index (χ0) is 11.4. The van der Waals surface area contributed by atoms with Crippen molar-refractivity contribution in [1.82, 2.24) is 0 Å². The molecule has 0 aromatic heterocycles. The van der Waals surface area contributed by atoms with E-state index in [4.69, 9.17) is 0 Å². The van der Waals surface area contributed by atoms with Crippen molar-refractivity contribution < 1.29 is 0 Å². The molecular weight excluding hydrogens is 192 g/mol. The van der Waals surface area contributed by atoms with E-state index in [9.17, 15) is 0 Å². The smallest absolute Gasteiger partial charge is 0.0158 e. The normalized spacial score (nSPS) is 30.6. The Morgan fingerprint density at radius 3 is 2.56 bits per heavy atom. The van der Waals surface area contributed by atoms with Crippen LogP contribution >= 0.6 is 0 Å². The van der Waals surface area contributed by atoms with Gasteiger partial charge in [0.1, 0.15) is 0 Å². The molecule has 2 aliphatic carbocycles. The lowest BCUT2D eigenvalue weighted by Crippen LogP contribution is -2.12. The van der Waals surface area contributed by atoms with Crippen molar-refractivity contribution in [3.8, 4) is 0 Å². The van der Waals surface area contributed by atoms with Crippen LogP contribution in [0.2, 0.25) is 0 Å². The van der Waals surface area contributed by atoms with Gasteiger partial charge in [0, 0.05) is 0 Å². The maximum absolute atomic E-state index is 2.41. The third-order valence-corrected chi connectivity index (χ3v) is 4.04. The summed E-state index contributed by atoms with van der Waals surface area (Å²) in [5, 5.41) is 0. The molecule has 0 heterocycles. The first-order valence-corrected chi connectivity index (χ1v) is 6.78. The van der Waals surface area contributed by atoms with Crippen LogP contribution in [0.5, 0.6) is 0 Å². The van der Waals surface area contributed by atoms with Crippen LogP contribution in [0, 0.1) is 11.8 Å². The predicted molar refractivity (Wildman–Crippen MR) is 71.3 cm³/mol. The fourth-order valence-electron chi connectivity index (χ4n) is 2.79. The highest BCUT2D eigenvalue weighted by Crippen LogP contribution is 2.33. The van der Waals surface area contributed by atoms with Crippen LogP contribution in [0.15, 0.2) is 35.5 Å². The number of rotatable bonds is 2. The average Bonchev–Trinajstić information content (AvgIpc) is 2.47. The van der Waals surface area contributed by atoms with Crippen LogP contribution in [0.25, 0.3) is 0 Å². The highest BCUT2D eigenvalue weighted by molar-refractivity contribution is 5.31. The van der Waals surface area contributed by atoms with Gasteiger partial charge >= 0.3 is 0 Å². The van der Waals surface area contributed by atoms with E-state index in [1.807, 2.05) is 0 Å². The molecular formula is C16H24. The molecule has 88 valence electrons. The van der Waals surface area contributed by atoms with Crippen LogP contribution in [0.4, 0.5) is 0 Å². The molecule has 0 aliphatic heterocycles. The Bertz CT molecular complexity index is 309. The second kappa shape index (κ2) is 5.52. The van der Waals surface area contributed by atoms with Crippen LogP contribution in [-0.2, 0) is 0 Å². The second-order valence-electron chi connectivity index (χ2n) is 5.63. The second-order valence-corrected chi connectivity index (χ2v) is 5.63. The first kappa shape index (κ1) is 11.7. The summed E-state index contributed by atoms with van der Waals surface area (Å²) in [5.74, 6) is 1.92. The lowest BCUT2D eigenvalue weighted by atomic mass is 9.80. The quantitative estimate of drug-likeness (QED) is 0.607. The number of hydrogen-bond donors (Lipinski definition) is 0. The SMILES string of the molecule is CC1=CCC=C(CC2CCC(C)CC2)C=C1.